The van der Waals surface area contributed by atoms with E-state index in [1.165, 1.54) is 25.9 Å². The average Bonchev–Trinajstić information content (AvgIpc) is 2.50. The molecule has 1 aliphatic heterocycles. The summed E-state index contributed by atoms with van der Waals surface area (Å²) in [4.78, 5) is 18.7. The third-order valence-electron chi connectivity index (χ3n) is 3.86. The van der Waals surface area contributed by atoms with Crippen molar-refractivity contribution in [3.63, 3.8) is 0 Å². The molecule has 0 saturated carbocycles. The molecule has 1 unspecified atom stereocenters. The Kier molecular flexibility index (Phi) is 9.63. The van der Waals surface area contributed by atoms with E-state index in [0.29, 0.717) is 13.1 Å². The molecule has 1 heterocycles. The Bertz CT molecular complexity index is 420. The van der Waals surface area contributed by atoms with Gasteiger partial charge in [-0.25, -0.2) is 4.79 Å². The van der Waals surface area contributed by atoms with Crippen molar-refractivity contribution in [2.75, 3.05) is 45.8 Å². The van der Waals surface area contributed by atoms with Gasteiger partial charge < -0.3 is 25.6 Å². The quantitative estimate of drug-likeness (QED) is 0.369. The van der Waals surface area contributed by atoms with Crippen molar-refractivity contribution < 1.29 is 9.53 Å². The Morgan fingerprint density at radius 2 is 1.96 bits per heavy atom. The van der Waals surface area contributed by atoms with Crippen LogP contribution in [0.15, 0.2) is 4.99 Å². The lowest BCUT2D eigenvalue weighted by Crippen LogP contribution is -2.43. The van der Waals surface area contributed by atoms with E-state index in [1.54, 1.807) is 0 Å². The number of hydrogen-bond acceptors (Lipinski definition) is 4. The maximum Gasteiger partial charge on any atom is 0.407 e. The number of aliphatic imine (C=N–C) groups is 1. The van der Waals surface area contributed by atoms with Gasteiger partial charge in [0.25, 0.3) is 0 Å². The topological polar surface area (TPSA) is 78.0 Å². The maximum atomic E-state index is 11.6. The molecule has 0 aromatic carbocycles. The van der Waals surface area contributed by atoms with E-state index in [-0.39, 0.29) is 0 Å². The highest BCUT2D eigenvalue weighted by Crippen LogP contribution is 2.14. The standard InChI is InChI=1S/C18H37N5O2/c1-6-19-16(20-9-10-22-17(24)25-18(3,4)5)21-11-13-23-12-7-8-15(2)14-23/h15H,6-14H2,1-5H3,(H,22,24)(H2,19,20,21). The van der Waals surface area contributed by atoms with E-state index in [4.69, 9.17) is 4.74 Å². The number of rotatable bonds is 7. The lowest BCUT2D eigenvalue weighted by molar-refractivity contribution is 0.0529. The zero-order valence-electron chi connectivity index (χ0n) is 16.7. The third-order valence-corrected chi connectivity index (χ3v) is 3.86. The number of likely N-dealkylation sites (tertiary alicyclic amines) is 1. The summed E-state index contributed by atoms with van der Waals surface area (Å²) in [5.74, 6) is 1.58. The number of hydrogen-bond donors (Lipinski definition) is 3. The number of amides is 1. The monoisotopic (exact) mass is 355 g/mol. The van der Waals surface area contributed by atoms with E-state index in [0.717, 1.165) is 31.5 Å². The molecule has 0 aromatic heterocycles. The largest absolute Gasteiger partial charge is 0.444 e. The Morgan fingerprint density at radius 1 is 1.24 bits per heavy atom. The lowest BCUT2D eigenvalue weighted by atomic mass is 10.0. The number of carbonyl (C=O) groups excluding carboxylic acids is 1. The van der Waals surface area contributed by atoms with E-state index in [2.05, 4.69) is 32.8 Å². The predicted molar refractivity (Wildman–Crippen MR) is 103 cm³/mol. The van der Waals surface area contributed by atoms with Crippen molar-refractivity contribution in [3.05, 3.63) is 0 Å². The molecule has 1 rings (SSSR count). The van der Waals surface area contributed by atoms with Gasteiger partial charge in [0.1, 0.15) is 5.60 Å². The molecule has 1 saturated heterocycles. The van der Waals surface area contributed by atoms with Gasteiger partial charge in [-0.1, -0.05) is 6.92 Å². The van der Waals surface area contributed by atoms with Gasteiger partial charge >= 0.3 is 6.09 Å². The molecule has 1 atom stereocenters. The van der Waals surface area contributed by atoms with Gasteiger partial charge in [0.15, 0.2) is 5.96 Å². The second-order valence-corrected chi connectivity index (χ2v) is 7.66. The van der Waals surface area contributed by atoms with Crippen LogP contribution in [0.1, 0.15) is 47.5 Å². The molecule has 0 radical (unpaired) electrons. The fraction of sp³-hybridized carbons (Fsp3) is 0.889. The summed E-state index contributed by atoms with van der Waals surface area (Å²) in [6.45, 7) is 16.0. The highest BCUT2D eigenvalue weighted by Gasteiger charge is 2.16. The Labute approximate surface area is 153 Å². The summed E-state index contributed by atoms with van der Waals surface area (Å²) in [5.41, 5.74) is -0.472. The average molecular weight is 356 g/mol. The molecule has 0 spiro atoms. The third kappa shape index (κ3) is 10.9. The van der Waals surface area contributed by atoms with Gasteiger partial charge in [0.05, 0.1) is 6.54 Å². The van der Waals surface area contributed by atoms with Crippen LogP contribution in [0.2, 0.25) is 0 Å². The lowest BCUT2D eigenvalue weighted by Gasteiger charge is -2.30. The zero-order chi connectivity index (χ0) is 18.7. The minimum Gasteiger partial charge on any atom is -0.444 e. The molecule has 0 bridgehead atoms. The Hall–Kier alpha value is -1.50. The van der Waals surface area contributed by atoms with Gasteiger partial charge in [-0.15, -0.1) is 0 Å². The zero-order valence-corrected chi connectivity index (χ0v) is 16.7. The second-order valence-electron chi connectivity index (χ2n) is 7.66. The molecule has 0 aromatic rings. The molecule has 7 heteroatoms. The first-order valence-corrected chi connectivity index (χ1v) is 9.51. The van der Waals surface area contributed by atoms with Crippen LogP contribution >= 0.6 is 0 Å². The van der Waals surface area contributed by atoms with Crippen molar-refractivity contribution in [1.29, 1.82) is 0 Å². The van der Waals surface area contributed by atoms with Gasteiger partial charge in [-0.3, -0.25) is 4.99 Å². The summed E-state index contributed by atoms with van der Waals surface area (Å²) in [6.07, 6.45) is 2.24. The molecule has 3 N–H and O–H groups in total. The second kappa shape index (κ2) is 11.2. The van der Waals surface area contributed by atoms with Crippen LogP contribution in [0, 0.1) is 5.92 Å². The molecule has 7 nitrogen and oxygen atoms in total. The van der Waals surface area contributed by atoms with Gasteiger partial charge in [0, 0.05) is 32.7 Å². The van der Waals surface area contributed by atoms with E-state index in [9.17, 15) is 4.79 Å². The van der Waals surface area contributed by atoms with Crippen molar-refractivity contribution in [2.45, 2.75) is 53.1 Å². The number of carbonyl (C=O) groups is 1. The van der Waals surface area contributed by atoms with Gasteiger partial charge in [-0.2, -0.15) is 0 Å². The summed E-state index contributed by atoms with van der Waals surface area (Å²) in [6, 6.07) is 0. The van der Waals surface area contributed by atoms with Crippen LogP contribution in [0.4, 0.5) is 4.79 Å². The number of piperidine rings is 1. The normalized spacial score (nSPS) is 19.4. The van der Waals surface area contributed by atoms with Crippen LogP contribution in [0.5, 0.6) is 0 Å². The number of nitrogens with one attached hydrogen (secondary N) is 3. The van der Waals surface area contributed by atoms with Crippen molar-refractivity contribution >= 4 is 12.1 Å². The first-order valence-electron chi connectivity index (χ1n) is 9.51. The molecule has 1 aliphatic rings. The SMILES string of the molecule is CCNC(=NCCN1CCCC(C)C1)NCCNC(=O)OC(C)(C)C. The van der Waals surface area contributed by atoms with E-state index >= 15 is 0 Å². The maximum absolute atomic E-state index is 11.6. The molecular formula is C18H37N5O2. The van der Waals surface area contributed by atoms with Gasteiger partial charge in [0.2, 0.25) is 0 Å². The Balaban J connectivity index is 2.25. The van der Waals surface area contributed by atoms with E-state index < -0.39 is 11.7 Å². The van der Waals surface area contributed by atoms with Crippen molar-refractivity contribution in [2.24, 2.45) is 10.9 Å². The first kappa shape index (κ1) is 21.5. The predicted octanol–water partition coefficient (Wildman–Crippen LogP) is 1.80. The van der Waals surface area contributed by atoms with Crippen LogP contribution < -0.4 is 16.0 Å². The summed E-state index contributed by atoms with van der Waals surface area (Å²) in [5, 5.41) is 9.20. The molecular weight excluding hydrogens is 318 g/mol. The number of ether oxygens (including phenoxy) is 1. The molecule has 25 heavy (non-hydrogen) atoms. The first-order chi connectivity index (χ1) is 11.8. The minimum absolute atomic E-state index is 0.393. The van der Waals surface area contributed by atoms with E-state index in [1.807, 2.05) is 27.7 Å². The minimum atomic E-state index is -0.472. The van der Waals surface area contributed by atoms with Crippen LogP contribution in [-0.2, 0) is 4.74 Å². The van der Waals surface area contributed by atoms with Gasteiger partial charge in [-0.05, 0) is 53.0 Å². The number of alkyl carbamates (subject to hydrolysis) is 1. The number of guanidine groups is 1. The van der Waals surface area contributed by atoms with Crippen molar-refractivity contribution in [1.82, 2.24) is 20.9 Å². The molecule has 1 amide bonds. The smallest absolute Gasteiger partial charge is 0.407 e. The summed E-state index contributed by atoms with van der Waals surface area (Å²) >= 11 is 0. The molecule has 0 aliphatic carbocycles. The summed E-state index contributed by atoms with van der Waals surface area (Å²) < 4.78 is 5.20. The highest BCUT2D eigenvalue weighted by molar-refractivity contribution is 5.79. The van der Waals surface area contributed by atoms with Crippen LogP contribution in [0.25, 0.3) is 0 Å². The molecule has 146 valence electrons. The van der Waals surface area contributed by atoms with Crippen molar-refractivity contribution in [3.8, 4) is 0 Å². The van der Waals surface area contributed by atoms with Crippen LogP contribution in [0.3, 0.4) is 0 Å². The fourth-order valence-electron chi connectivity index (χ4n) is 2.79. The molecule has 1 fully saturated rings. The fourth-order valence-corrected chi connectivity index (χ4v) is 2.79. The highest BCUT2D eigenvalue weighted by atomic mass is 16.6. The number of nitrogens with zero attached hydrogens (tertiary/aromatic N) is 2. The summed E-state index contributed by atoms with van der Waals surface area (Å²) in [7, 11) is 0. The van der Waals surface area contributed by atoms with Crippen LogP contribution in [-0.4, -0.2) is 68.4 Å². The Morgan fingerprint density at radius 3 is 2.60 bits per heavy atom.